The van der Waals surface area contributed by atoms with Gasteiger partial charge in [-0.05, 0) is 30.2 Å². The van der Waals surface area contributed by atoms with Crippen LogP contribution in [0.2, 0.25) is 5.02 Å². The quantitative estimate of drug-likeness (QED) is 0.770. The lowest BCUT2D eigenvalue weighted by atomic mass is 10.1. The van der Waals surface area contributed by atoms with Crippen molar-refractivity contribution in [3.63, 3.8) is 0 Å². The van der Waals surface area contributed by atoms with Crippen LogP contribution in [-0.2, 0) is 12.7 Å². The molecule has 1 fully saturated rings. The van der Waals surface area contributed by atoms with Crippen LogP contribution in [0.5, 0.6) is 0 Å². The molecule has 1 aliphatic heterocycles. The topological polar surface area (TPSA) is 71.2 Å². The van der Waals surface area contributed by atoms with E-state index in [-0.39, 0.29) is 35.2 Å². The first-order valence-corrected chi connectivity index (χ1v) is 8.73. The van der Waals surface area contributed by atoms with Gasteiger partial charge in [-0.2, -0.15) is 13.2 Å². The fraction of sp³-hybridized carbons (Fsp3) is 0.333. The second-order valence-electron chi connectivity index (χ2n) is 6.33. The highest BCUT2D eigenvalue weighted by molar-refractivity contribution is 6.33. The molecule has 1 amide bonds. The van der Waals surface area contributed by atoms with E-state index in [0.717, 1.165) is 17.8 Å². The molecule has 0 radical (unpaired) electrons. The van der Waals surface area contributed by atoms with Gasteiger partial charge in [-0.1, -0.05) is 23.7 Å². The Morgan fingerprint density at radius 3 is 2.57 bits per heavy atom. The Morgan fingerprint density at radius 2 is 2.00 bits per heavy atom. The lowest BCUT2D eigenvalue weighted by Crippen LogP contribution is -2.37. The number of hydrogen-bond donors (Lipinski definition) is 2. The molecular weight excluding hydrogens is 416 g/mol. The minimum atomic E-state index is -4.49. The van der Waals surface area contributed by atoms with Crippen molar-refractivity contribution >= 4 is 35.7 Å². The van der Waals surface area contributed by atoms with Crippen molar-refractivity contribution in [2.24, 2.45) is 5.73 Å². The minimum absolute atomic E-state index is 0. The zero-order valence-electron chi connectivity index (χ0n) is 14.7. The lowest BCUT2D eigenvalue weighted by Gasteiger charge is -2.20. The van der Waals surface area contributed by atoms with Crippen LogP contribution in [0.3, 0.4) is 0 Å². The number of nitrogens with zero attached hydrogens (tertiary/aromatic N) is 2. The predicted molar refractivity (Wildman–Crippen MR) is 104 cm³/mol. The van der Waals surface area contributed by atoms with Gasteiger partial charge in [-0.25, -0.2) is 4.98 Å². The van der Waals surface area contributed by atoms with Gasteiger partial charge in [0.05, 0.1) is 10.6 Å². The summed E-state index contributed by atoms with van der Waals surface area (Å²) in [5.74, 6) is 0.0746. The number of amides is 1. The molecule has 0 bridgehead atoms. The molecule has 5 nitrogen and oxygen atoms in total. The normalized spacial score (nSPS) is 16.6. The van der Waals surface area contributed by atoms with Gasteiger partial charge in [0.1, 0.15) is 5.82 Å². The maximum atomic E-state index is 12.7. The number of halogens is 5. The smallest absolute Gasteiger partial charge is 0.353 e. The Kier molecular flexibility index (Phi) is 7.14. The van der Waals surface area contributed by atoms with Crippen LogP contribution in [0, 0.1) is 0 Å². The number of carbonyl (C=O) groups excluding carboxylic acids is 1. The number of anilines is 1. The van der Waals surface area contributed by atoms with Crippen molar-refractivity contribution in [2.75, 3.05) is 18.0 Å². The van der Waals surface area contributed by atoms with Crippen LogP contribution >= 0.6 is 24.0 Å². The zero-order chi connectivity index (χ0) is 19.6. The third-order valence-corrected chi connectivity index (χ3v) is 4.70. The highest BCUT2D eigenvalue weighted by Crippen LogP contribution is 2.34. The van der Waals surface area contributed by atoms with E-state index in [2.05, 4.69) is 10.3 Å². The third kappa shape index (κ3) is 5.06. The molecule has 3 N–H and O–H groups in total. The minimum Gasteiger partial charge on any atom is -0.353 e. The van der Waals surface area contributed by atoms with Gasteiger partial charge < -0.3 is 16.0 Å². The average Bonchev–Trinajstić information content (AvgIpc) is 3.09. The largest absolute Gasteiger partial charge is 0.417 e. The van der Waals surface area contributed by atoms with E-state index in [1.165, 1.54) is 0 Å². The molecule has 152 valence electrons. The summed E-state index contributed by atoms with van der Waals surface area (Å²) in [6.45, 7) is 1.36. The second-order valence-corrected chi connectivity index (χ2v) is 6.74. The molecule has 2 heterocycles. The number of nitrogens with two attached hydrogens (primary N) is 1. The van der Waals surface area contributed by atoms with E-state index >= 15 is 0 Å². The summed E-state index contributed by atoms with van der Waals surface area (Å²) in [4.78, 5) is 18.0. The predicted octanol–water partition coefficient (Wildman–Crippen LogP) is 3.64. The Labute approximate surface area is 171 Å². The van der Waals surface area contributed by atoms with Crippen LogP contribution in [0.25, 0.3) is 0 Å². The number of hydrogen-bond acceptors (Lipinski definition) is 4. The molecule has 0 saturated carbocycles. The number of alkyl halides is 3. The standard InChI is InChI=1S/C18H18ClF3N4O.ClH/c19-15-7-13(18(20,21)22)9-24-16(15)26-6-5-14(10-26)25-17(27)12-3-1-11(8-23)2-4-12;/h1-4,7,9,14H,5-6,8,10,23H2,(H,25,27);1H. The zero-order valence-corrected chi connectivity index (χ0v) is 16.2. The Balaban J connectivity index is 0.00000280. The summed E-state index contributed by atoms with van der Waals surface area (Å²) in [6.07, 6.45) is -3.08. The van der Waals surface area contributed by atoms with Crippen LogP contribution in [-0.4, -0.2) is 30.0 Å². The summed E-state index contributed by atoms with van der Waals surface area (Å²) in [5, 5.41) is 2.86. The maximum absolute atomic E-state index is 12.7. The van der Waals surface area contributed by atoms with Gasteiger partial charge in [-0.3, -0.25) is 4.79 Å². The molecule has 1 aliphatic rings. The summed E-state index contributed by atoms with van der Waals surface area (Å²) < 4.78 is 38.2. The molecule has 10 heteroatoms. The van der Waals surface area contributed by atoms with E-state index in [4.69, 9.17) is 17.3 Å². The second kappa shape index (κ2) is 8.98. The molecule has 0 spiro atoms. The van der Waals surface area contributed by atoms with Crippen molar-refractivity contribution < 1.29 is 18.0 Å². The van der Waals surface area contributed by atoms with Crippen molar-refractivity contribution in [3.05, 3.63) is 58.2 Å². The monoisotopic (exact) mass is 434 g/mol. The van der Waals surface area contributed by atoms with E-state index in [1.807, 2.05) is 0 Å². The van der Waals surface area contributed by atoms with E-state index < -0.39 is 11.7 Å². The molecular formula is C18H19Cl2F3N4O. The van der Waals surface area contributed by atoms with Gasteiger partial charge in [0.15, 0.2) is 0 Å². The van der Waals surface area contributed by atoms with Gasteiger partial charge in [0, 0.05) is 37.4 Å². The first-order valence-electron chi connectivity index (χ1n) is 8.35. The Bertz CT molecular complexity index is 831. The molecule has 1 aromatic heterocycles. The first kappa shape index (κ1) is 22.3. The van der Waals surface area contributed by atoms with Crippen LogP contribution in [0.4, 0.5) is 19.0 Å². The summed E-state index contributed by atoms with van der Waals surface area (Å²) in [6, 6.07) is 7.72. The number of nitrogens with one attached hydrogen (secondary N) is 1. The molecule has 1 unspecified atom stereocenters. The molecule has 3 rings (SSSR count). The molecule has 28 heavy (non-hydrogen) atoms. The number of rotatable bonds is 4. The Morgan fingerprint density at radius 1 is 1.32 bits per heavy atom. The summed E-state index contributed by atoms with van der Waals surface area (Å²) in [5.41, 5.74) is 6.11. The van der Waals surface area contributed by atoms with E-state index in [9.17, 15) is 18.0 Å². The Hall–Kier alpha value is -2.03. The van der Waals surface area contributed by atoms with Crippen LogP contribution in [0.1, 0.15) is 27.9 Å². The fourth-order valence-electron chi connectivity index (χ4n) is 2.95. The molecule has 1 saturated heterocycles. The van der Waals surface area contributed by atoms with Crippen molar-refractivity contribution in [1.82, 2.24) is 10.3 Å². The van der Waals surface area contributed by atoms with Crippen molar-refractivity contribution in [2.45, 2.75) is 25.2 Å². The molecule has 1 aromatic carbocycles. The van der Waals surface area contributed by atoms with Gasteiger partial charge in [0.25, 0.3) is 5.91 Å². The number of aromatic nitrogens is 1. The van der Waals surface area contributed by atoms with Gasteiger partial charge in [0.2, 0.25) is 0 Å². The van der Waals surface area contributed by atoms with E-state index in [0.29, 0.717) is 31.6 Å². The number of carbonyl (C=O) groups is 1. The number of pyridine rings is 1. The third-order valence-electron chi connectivity index (χ3n) is 4.42. The summed E-state index contributed by atoms with van der Waals surface area (Å²) >= 11 is 5.99. The lowest BCUT2D eigenvalue weighted by molar-refractivity contribution is -0.137. The van der Waals surface area contributed by atoms with Crippen LogP contribution in [0.15, 0.2) is 36.5 Å². The first-order chi connectivity index (χ1) is 12.8. The SMILES string of the molecule is Cl.NCc1ccc(C(=O)NC2CCN(c3ncc(C(F)(F)F)cc3Cl)C2)cc1. The molecule has 1 atom stereocenters. The van der Waals surface area contributed by atoms with Crippen LogP contribution < -0.4 is 16.0 Å². The molecule has 2 aromatic rings. The van der Waals surface area contributed by atoms with Gasteiger partial charge in [-0.15, -0.1) is 12.4 Å². The highest BCUT2D eigenvalue weighted by Gasteiger charge is 2.33. The fourth-order valence-corrected chi connectivity index (χ4v) is 3.24. The van der Waals surface area contributed by atoms with Crippen molar-refractivity contribution in [1.29, 1.82) is 0 Å². The number of benzene rings is 1. The van der Waals surface area contributed by atoms with E-state index in [1.54, 1.807) is 29.2 Å². The average molecular weight is 435 g/mol. The molecule has 0 aliphatic carbocycles. The highest BCUT2D eigenvalue weighted by atomic mass is 35.5. The summed E-state index contributed by atoms with van der Waals surface area (Å²) in [7, 11) is 0. The van der Waals surface area contributed by atoms with Crippen molar-refractivity contribution in [3.8, 4) is 0 Å². The maximum Gasteiger partial charge on any atom is 0.417 e. The van der Waals surface area contributed by atoms with Gasteiger partial charge >= 0.3 is 6.18 Å².